The number of benzene rings is 1. The van der Waals surface area contributed by atoms with E-state index in [1.807, 2.05) is 45.0 Å². The van der Waals surface area contributed by atoms with Gasteiger partial charge in [0.15, 0.2) is 0 Å². The normalized spacial score (nSPS) is 17.8. The zero-order valence-electron chi connectivity index (χ0n) is 15.9. The van der Waals surface area contributed by atoms with Gasteiger partial charge in [0.2, 0.25) is 11.8 Å². The monoisotopic (exact) mass is 345 g/mol. The molecule has 25 heavy (non-hydrogen) atoms. The molecule has 1 unspecified atom stereocenters. The third-order valence-electron chi connectivity index (χ3n) is 4.66. The number of carbonyl (C=O) groups is 2. The van der Waals surface area contributed by atoms with Crippen molar-refractivity contribution < 1.29 is 9.59 Å². The average Bonchev–Trinajstić information content (AvgIpc) is 2.59. The van der Waals surface area contributed by atoms with Crippen LogP contribution in [0.3, 0.4) is 0 Å². The smallest absolute Gasteiger partial charge is 0.225 e. The van der Waals surface area contributed by atoms with E-state index in [1.54, 1.807) is 0 Å². The molecule has 1 heterocycles. The van der Waals surface area contributed by atoms with Crippen molar-refractivity contribution in [3.63, 3.8) is 0 Å². The zero-order chi connectivity index (χ0) is 18.4. The van der Waals surface area contributed by atoms with Gasteiger partial charge in [-0.15, -0.1) is 0 Å². The van der Waals surface area contributed by atoms with Crippen molar-refractivity contribution in [2.75, 3.05) is 27.2 Å². The lowest BCUT2D eigenvalue weighted by atomic mass is 9.96. The number of likely N-dealkylation sites (tertiary alicyclic amines) is 1. The highest BCUT2D eigenvalue weighted by Gasteiger charge is 2.29. The second-order valence-corrected chi connectivity index (χ2v) is 7.50. The fourth-order valence-corrected chi connectivity index (χ4v) is 3.31. The maximum absolute atomic E-state index is 12.6. The van der Waals surface area contributed by atoms with Gasteiger partial charge in [-0.2, -0.15) is 0 Å². The number of nitrogens with one attached hydrogen (secondary N) is 1. The van der Waals surface area contributed by atoms with Gasteiger partial charge in [-0.25, -0.2) is 0 Å². The number of piperidine rings is 1. The Morgan fingerprint density at radius 1 is 1.24 bits per heavy atom. The Morgan fingerprint density at radius 3 is 2.56 bits per heavy atom. The van der Waals surface area contributed by atoms with Gasteiger partial charge in [-0.3, -0.25) is 9.59 Å². The first-order valence-corrected chi connectivity index (χ1v) is 9.16. The minimum Gasteiger partial charge on any atom is -0.352 e. The summed E-state index contributed by atoms with van der Waals surface area (Å²) in [4.78, 5) is 28.7. The summed E-state index contributed by atoms with van der Waals surface area (Å²) in [6.07, 6.45) is 1.75. The van der Waals surface area contributed by atoms with Crippen molar-refractivity contribution in [2.24, 2.45) is 11.8 Å². The summed E-state index contributed by atoms with van der Waals surface area (Å²) >= 11 is 0. The molecule has 0 aliphatic carbocycles. The fraction of sp³-hybridized carbons (Fsp3) is 0.600. The van der Waals surface area contributed by atoms with Crippen LogP contribution in [0.1, 0.15) is 37.8 Å². The SMILES string of the molecule is CC(C)C(=O)N1CCCC(C(=O)NCc2ccccc2CN(C)C)C1. The topological polar surface area (TPSA) is 52.7 Å². The van der Waals surface area contributed by atoms with Gasteiger partial charge in [-0.05, 0) is 38.1 Å². The van der Waals surface area contributed by atoms with Crippen molar-refractivity contribution in [3.05, 3.63) is 35.4 Å². The van der Waals surface area contributed by atoms with Crippen LogP contribution in [0.4, 0.5) is 0 Å². The van der Waals surface area contributed by atoms with Gasteiger partial charge in [-0.1, -0.05) is 38.1 Å². The molecule has 5 heteroatoms. The van der Waals surface area contributed by atoms with Gasteiger partial charge in [0.05, 0.1) is 5.92 Å². The van der Waals surface area contributed by atoms with Crippen LogP contribution in [0, 0.1) is 11.8 Å². The molecule has 2 amide bonds. The molecular weight excluding hydrogens is 314 g/mol. The molecule has 0 spiro atoms. The minimum absolute atomic E-state index is 0.0141. The molecule has 138 valence electrons. The maximum atomic E-state index is 12.6. The standard InChI is InChI=1S/C20H31N3O2/c1-15(2)20(25)23-11-7-10-18(14-23)19(24)21-12-16-8-5-6-9-17(16)13-22(3)4/h5-6,8-9,15,18H,7,10-14H2,1-4H3,(H,21,24). The van der Waals surface area contributed by atoms with Crippen LogP contribution >= 0.6 is 0 Å². The Kier molecular flexibility index (Phi) is 7.00. The summed E-state index contributed by atoms with van der Waals surface area (Å²) in [5.41, 5.74) is 2.38. The number of hydrogen-bond acceptors (Lipinski definition) is 3. The first-order chi connectivity index (χ1) is 11.9. The Balaban J connectivity index is 1.93. The van der Waals surface area contributed by atoms with E-state index in [0.717, 1.165) is 31.5 Å². The molecule has 1 aromatic carbocycles. The van der Waals surface area contributed by atoms with E-state index in [9.17, 15) is 9.59 Å². The highest BCUT2D eigenvalue weighted by molar-refractivity contribution is 5.82. The molecule has 1 aliphatic heterocycles. The molecule has 1 fully saturated rings. The summed E-state index contributed by atoms with van der Waals surface area (Å²) in [6, 6.07) is 8.20. The molecule has 0 aromatic heterocycles. The number of carbonyl (C=O) groups excluding carboxylic acids is 2. The van der Waals surface area contributed by atoms with Crippen LogP contribution in [-0.4, -0.2) is 48.8 Å². The highest BCUT2D eigenvalue weighted by atomic mass is 16.2. The molecule has 1 N–H and O–H groups in total. The third-order valence-corrected chi connectivity index (χ3v) is 4.66. The predicted molar refractivity (Wildman–Crippen MR) is 99.8 cm³/mol. The number of nitrogens with zero attached hydrogens (tertiary/aromatic N) is 2. The average molecular weight is 345 g/mol. The Hall–Kier alpha value is -1.88. The Morgan fingerprint density at radius 2 is 1.92 bits per heavy atom. The summed E-state index contributed by atoms with van der Waals surface area (Å²) in [5.74, 6) is 0.0897. The Labute approximate surface area is 151 Å². The van der Waals surface area contributed by atoms with E-state index in [-0.39, 0.29) is 23.7 Å². The van der Waals surface area contributed by atoms with Gasteiger partial charge in [0, 0.05) is 32.1 Å². The van der Waals surface area contributed by atoms with Crippen LogP contribution in [0.25, 0.3) is 0 Å². The van der Waals surface area contributed by atoms with Crippen LogP contribution < -0.4 is 5.32 Å². The van der Waals surface area contributed by atoms with Crippen molar-refractivity contribution in [3.8, 4) is 0 Å². The molecular formula is C20H31N3O2. The van der Waals surface area contributed by atoms with Crippen molar-refractivity contribution in [2.45, 2.75) is 39.8 Å². The fourth-order valence-electron chi connectivity index (χ4n) is 3.31. The highest BCUT2D eigenvalue weighted by Crippen LogP contribution is 2.19. The lowest BCUT2D eigenvalue weighted by Crippen LogP contribution is -2.46. The Bertz CT molecular complexity index is 598. The van der Waals surface area contributed by atoms with Gasteiger partial charge < -0.3 is 15.1 Å². The first kappa shape index (κ1) is 19.4. The summed E-state index contributed by atoms with van der Waals surface area (Å²) < 4.78 is 0. The lowest BCUT2D eigenvalue weighted by molar-refractivity contribution is -0.138. The summed E-state index contributed by atoms with van der Waals surface area (Å²) in [5, 5.41) is 3.08. The number of rotatable bonds is 6. The quantitative estimate of drug-likeness (QED) is 0.860. The lowest BCUT2D eigenvalue weighted by Gasteiger charge is -2.33. The second-order valence-electron chi connectivity index (χ2n) is 7.50. The largest absolute Gasteiger partial charge is 0.352 e. The van der Waals surface area contributed by atoms with Crippen molar-refractivity contribution >= 4 is 11.8 Å². The van der Waals surface area contributed by atoms with E-state index >= 15 is 0 Å². The molecule has 5 nitrogen and oxygen atoms in total. The van der Waals surface area contributed by atoms with E-state index in [2.05, 4.69) is 22.3 Å². The van der Waals surface area contributed by atoms with Crippen LogP contribution in [-0.2, 0) is 22.7 Å². The number of amides is 2. The van der Waals surface area contributed by atoms with E-state index in [4.69, 9.17) is 0 Å². The second kappa shape index (κ2) is 8.99. The van der Waals surface area contributed by atoms with Crippen molar-refractivity contribution in [1.82, 2.24) is 15.1 Å². The predicted octanol–water partition coefficient (Wildman–Crippen LogP) is 2.26. The van der Waals surface area contributed by atoms with Gasteiger partial charge in [0.25, 0.3) is 0 Å². The minimum atomic E-state index is -0.0996. The molecule has 0 saturated carbocycles. The van der Waals surface area contributed by atoms with Crippen LogP contribution in [0.2, 0.25) is 0 Å². The first-order valence-electron chi connectivity index (χ1n) is 9.16. The molecule has 2 rings (SSSR count). The van der Waals surface area contributed by atoms with Crippen LogP contribution in [0.5, 0.6) is 0 Å². The van der Waals surface area contributed by atoms with Gasteiger partial charge in [0.1, 0.15) is 0 Å². The van der Waals surface area contributed by atoms with Crippen molar-refractivity contribution in [1.29, 1.82) is 0 Å². The molecule has 1 aromatic rings. The molecule has 0 bridgehead atoms. The van der Waals surface area contributed by atoms with Crippen LogP contribution in [0.15, 0.2) is 24.3 Å². The zero-order valence-corrected chi connectivity index (χ0v) is 15.9. The number of hydrogen-bond donors (Lipinski definition) is 1. The third kappa shape index (κ3) is 5.56. The van der Waals surface area contributed by atoms with E-state index in [1.165, 1.54) is 5.56 Å². The van der Waals surface area contributed by atoms with E-state index in [0.29, 0.717) is 13.1 Å². The molecule has 1 aliphatic rings. The van der Waals surface area contributed by atoms with E-state index < -0.39 is 0 Å². The maximum Gasteiger partial charge on any atom is 0.225 e. The molecule has 0 radical (unpaired) electrons. The summed E-state index contributed by atoms with van der Waals surface area (Å²) in [7, 11) is 4.08. The van der Waals surface area contributed by atoms with Gasteiger partial charge >= 0.3 is 0 Å². The molecule has 1 atom stereocenters. The summed E-state index contributed by atoms with van der Waals surface area (Å²) in [6.45, 7) is 6.53. The molecule has 1 saturated heterocycles.